The zero-order valence-electron chi connectivity index (χ0n) is 17.9. The SMILES string of the molecule is CCc1ccc(N2C(=O)NC(=O)/C(=C/c3ccc(-c4cc(C(=O)O)ccc4C)o3)C2=O)cc1. The average molecular weight is 444 g/mol. The number of aryl methyl sites for hydroxylation is 2. The van der Waals surface area contributed by atoms with Gasteiger partial charge in [-0.25, -0.2) is 14.5 Å². The third-order valence-corrected chi connectivity index (χ3v) is 5.37. The summed E-state index contributed by atoms with van der Waals surface area (Å²) < 4.78 is 5.78. The maximum absolute atomic E-state index is 13.0. The van der Waals surface area contributed by atoms with Gasteiger partial charge in [0.05, 0.1) is 11.3 Å². The van der Waals surface area contributed by atoms with E-state index in [9.17, 15) is 24.3 Å². The molecule has 0 radical (unpaired) electrons. The highest BCUT2D eigenvalue weighted by Gasteiger charge is 2.37. The molecule has 1 aliphatic rings. The molecular formula is C25H20N2O6. The van der Waals surface area contributed by atoms with Crippen LogP contribution in [0.1, 0.15) is 34.2 Å². The second-order valence-electron chi connectivity index (χ2n) is 7.51. The van der Waals surface area contributed by atoms with Gasteiger partial charge in [0.2, 0.25) is 0 Å². The number of carbonyl (C=O) groups excluding carboxylic acids is 3. The minimum absolute atomic E-state index is 0.108. The second kappa shape index (κ2) is 8.58. The number of aromatic carboxylic acids is 1. The van der Waals surface area contributed by atoms with Crippen LogP contribution in [0, 0.1) is 6.92 Å². The van der Waals surface area contributed by atoms with Gasteiger partial charge in [0.1, 0.15) is 17.1 Å². The van der Waals surface area contributed by atoms with Crippen molar-refractivity contribution in [3.05, 3.63) is 82.6 Å². The Morgan fingerprint density at radius 2 is 1.79 bits per heavy atom. The van der Waals surface area contributed by atoms with Crippen molar-refractivity contribution in [3.63, 3.8) is 0 Å². The zero-order valence-corrected chi connectivity index (χ0v) is 17.9. The number of furan rings is 1. The molecule has 1 aliphatic heterocycles. The summed E-state index contributed by atoms with van der Waals surface area (Å²) in [5.41, 5.74) is 2.61. The number of urea groups is 1. The van der Waals surface area contributed by atoms with Gasteiger partial charge in [-0.1, -0.05) is 25.1 Å². The van der Waals surface area contributed by atoms with E-state index in [1.165, 1.54) is 18.2 Å². The number of carboxylic acid groups (broad SMARTS) is 1. The molecule has 0 bridgehead atoms. The van der Waals surface area contributed by atoms with Crippen LogP contribution < -0.4 is 10.2 Å². The summed E-state index contributed by atoms with van der Waals surface area (Å²) in [6.45, 7) is 3.80. The Labute approximate surface area is 189 Å². The molecule has 2 heterocycles. The van der Waals surface area contributed by atoms with Crippen molar-refractivity contribution in [1.29, 1.82) is 0 Å². The Bertz CT molecular complexity index is 1320. The van der Waals surface area contributed by atoms with Gasteiger partial charge < -0.3 is 9.52 Å². The van der Waals surface area contributed by atoms with Crippen LogP contribution in [0.4, 0.5) is 10.5 Å². The van der Waals surface area contributed by atoms with Crippen molar-refractivity contribution < 1.29 is 28.7 Å². The fourth-order valence-electron chi connectivity index (χ4n) is 3.51. The number of amides is 4. The lowest BCUT2D eigenvalue weighted by Gasteiger charge is -2.26. The summed E-state index contributed by atoms with van der Waals surface area (Å²) >= 11 is 0. The van der Waals surface area contributed by atoms with Gasteiger partial charge in [0.15, 0.2) is 0 Å². The van der Waals surface area contributed by atoms with Crippen molar-refractivity contribution in [3.8, 4) is 11.3 Å². The molecule has 2 N–H and O–H groups in total. The summed E-state index contributed by atoms with van der Waals surface area (Å²) in [4.78, 5) is 50.0. The minimum Gasteiger partial charge on any atom is -0.478 e. The Kier molecular flexibility index (Phi) is 5.66. The van der Waals surface area contributed by atoms with Gasteiger partial charge >= 0.3 is 12.0 Å². The molecule has 0 saturated carbocycles. The number of barbiturate groups is 1. The number of benzene rings is 2. The predicted molar refractivity (Wildman–Crippen MR) is 121 cm³/mol. The first-order valence-electron chi connectivity index (χ1n) is 10.2. The molecular weight excluding hydrogens is 424 g/mol. The van der Waals surface area contributed by atoms with Crippen molar-refractivity contribution in [2.24, 2.45) is 0 Å². The fraction of sp³-hybridized carbons (Fsp3) is 0.120. The molecule has 0 unspecified atom stereocenters. The number of hydrogen-bond acceptors (Lipinski definition) is 5. The van der Waals surface area contributed by atoms with E-state index in [0.29, 0.717) is 17.0 Å². The van der Waals surface area contributed by atoms with Crippen molar-refractivity contribution in [2.45, 2.75) is 20.3 Å². The predicted octanol–water partition coefficient (Wildman–Crippen LogP) is 4.18. The van der Waals surface area contributed by atoms with Crippen LogP contribution in [0.25, 0.3) is 17.4 Å². The molecule has 1 fully saturated rings. The molecule has 0 aliphatic carbocycles. The van der Waals surface area contributed by atoms with Crippen LogP contribution in [-0.4, -0.2) is 28.9 Å². The van der Waals surface area contributed by atoms with E-state index in [1.807, 2.05) is 26.0 Å². The number of carbonyl (C=O) groups is 4. The van der Waals surface area contributed by atoms with Crippen LogP contribution in [0.5, 0.6) is 0 Å². The molecule has 0 spiro atoms. The van der Waals surface area contributed by atoms with Gasteiger partial charge in [-0.2, -0.15) is 0 Å². The highest BCUT2D eigenvalue weighted by molar-refractivity contribution is 6.39. The molecule has 4 rings (SSSR count). The third-order valence-electron chi connectivity index (χ3n) is 5.37. The van der Waals surface area contributed by atoms with Crippen molar-refractivity contribution in [2.75, 3.05) is 4.90 Å². The monoisotopic (exact) mass is 444 g/mol. The van der Waals surface area contributed by atoms with Crippen molar-refractivity contribution >= 4 is 35.6 Å². The molecule has 8 nitrogen and oxygen atoms in total. The van der Waals surface area contributed by atoms with E-state index in [4.69, 9.17) is 4.42 Å². The number of anilines is 1. The Hall–Kier alpha value is -4.46. The van der Waals surface area contributed by atoms with Gasteiger partial charge in [-0.05, 0) is 66.9 Å². The summed E-state index contributed by atoms with van der Waals surface area (Å²) in [5.74, 6) is -2.07. The van der Waals surface area contributed by atoms with E-state index in [0.717, 1.165) is 22.4 Å². The number of imide groups is 2. The summed E-state index contributed by atoms with van der Waals surface area (Å²) in [7, 11) is 0. The maximum Gasteiger partial charge on any atom is 0.335 e. The van der Waals surface area contributed by atoms with E-state index in [1.54, 1.807) is 30.3 Å². The second-order valence-corrected chi connectivity index (χ2v) is 7.51. The first-order valence-corrected chi connectivity index (χ1v) is 10.2. The summed E-state index contributed by atoms with van der Waals surface area (Å²) in [6, 6.07) is 13.9. The molecule has 8 heteroatoms. The van der Waals surface area contributed by atoms with Crippen LogP contribution in [-0.2, 0) is 16.0 Å². The smallest absolute Gasteiger partial charge is 0.335 e. The van der Waals surface area contributed by atoms with E-state index < -0.39 is 23.8 Å². The Morgan fingerprint density at radius 1 is 1.06 bits per heavy atom. The lowest BCUT2D eigenvalue weighted by atomic mass is 10.0. The molecule has 2 aromatic carbocycles. The lowest BCUT2D eigenvalue weighted by Crippen LogP contribution is -2.54. The van der Waals surface area contributed by atoms with Crippen molar-refractivity contribution in [1.82, 2.24) is 5.32 Å². The van der Waals surface area contributed by atoms with E-state index in [2.05, 4.69) is 5.32 Å². The number of carboxylic acids is 1. The molecule has 166 valence electrons. The zero-order chi connectivity index (χ0) is 23.7. The van der Waals surface area contributed by atoms with Crippen LogP contribution in [0.15, 0.2) is 64.6 Å². The fourth-order valence-corrected chi connectivity index (χ4v) is 3.51. The van der Waals surface area contributed by atoms with Gasteiger partial charge in [0, 0.05) is 5.56 Å². The first kappa shape index (κ1) is 21.8. The number of nitrogens with one attached hydrogen (secondary N) is 1. The maximum atomic E-state index is 13.0. The third kappa shape index (κ3) is 4.18. The molecule has 4 amide bonds. The highest BCUT2D eigenvalue weighted by Crippen LogP contribution is 2.29. The quantitative estimate of drug-likeness (QED) is 0.450. The minimum atomic E-state index is -1.06. The molecule has 3 aromatic rings. The van der Waals surface area contributed by atoms with Crippen LogP contribution >= 0.6 is 0 Å². The number of rotatable bonds is 5. The Morgan fingerprint density at radius 3 is 2.45 bits per heavy atom. The van der Waals surface area contributed by atoms with E-state index in [-0.39, 0.29) is 16.9 Å². The molecule has 33 heavy (non-hydrogen) atoms. The number of hydrogen-bond donors (Lipinski definition) is 2. The van der Waals surface area contributed by atoms with Crippen LogP contribution in [0.3, 0.4) is 0 Å². The highest BCUT2D eigenvalue weighted by atomic mass is 16.4. The van der Waals surface area contributed by atoms with Gasteiger partial charge in [-0.3, -0.25) is 14.9 Å². The van der Waals surface area contributed by atoms with Gasteiger partial charge in [-0.15, -0.1) is 0 Å². The first-order chi connectivity index (χ1) is 15.8. The topological polar surface area (TPSA) is 117 Å². The average Bonchev–Trinajstić information content (AvgIpc) is 3.25. The molecule has 1 aromatic heterocycles. The summed E-state index contributed by atoms with van der Waals surface area (Å²) in [5, 5.41) is 11.4. The van der Waals surface area contributed by atoms with Gasteiger partial charge in [0.25, 0.3) is 11.8 Å². The molecule has 1 saturated heterocycles. The standard InChI is InChI=1S/C25H20N2O6/c1-3-15-5-8-17(9-6-15)27-23(29)20(22(28)26-25(27)32)13-18-10-11-21(33-18)19-12-16(24(30)31)7-4-14(19)2/h4-13H,3H2,1-2H3,(H,30,31)(H,26,28,32)/b20-13-. The number of nitrogens with zero attached hydrogens (tertiary/aromatic N) is 1. The largest absolute Gasteiger partial charge is 0.478 e. The van der Waals surface area contributed by atoms with E-state index >= 15 is 0 Å². The molecule has 0 atom stereocenters. The van der Waals surface area contributed by atoms with Crippen LogP contribution in [0.2, 0.25) is 0 Å². The normalized spacial score (nSPS) is 15.2. The lowest BCUT2D eigenvalue weighted by molar-refractivity contribution is -0.122. The Balaban J connectivity index is 1.67. The summed E-state index contributed by atoms with van der Waals surface area (Å²) in [6.07, 6.45) is 2.07.